The van der Waals surface area contributed by atoms with Crippen molar-refractivity contribution in [1.29, 1.82) is 0 Å². The zero-order valence-corrected chi connectivity index (χ0v) is 17.0. The van der Waals surface area contributed by atoms with Crippen molar-refractivity contribution in [2.24, 2.45) is 0 Å². The van der Waals surface area contributed by atoms with Gasteiger partial charge in [-0.15, -0.1) is 0 Å². The highest BCUT2D eigenvalue weighted by Crippen LogP contribution is 2.31. The van der Waals surface area contributed by atoms with Crippen LogP contribution in [0.15, 0.2) is 60.9 Å². The Morgan fingerprint density at radius 3 is 2.75 bits per heavy atom. The van der Waals surface area contributed by atoms with Crippen LogP contribution < -0.4 is 15.0 Å². The normalized spacial score (nSPS) is 16.2. The number of nitrogens with zero attached hydrogens (tertiary/aromatic N) is 3. The molecule has 1 atom stereocenters. The molecule has 1 aliphatic rings. The number of hydrogen-bond donors (Lipinski definition) is 1. The van der Waals surface area contributed by atoms with Crippen LogP contribution >= 0.6 is 0 Å². The van der Waals surface area contributed by atoms with Crippen LogP contribution in [-0.4, -0.2) is 41.4 Å². The van der Waals surface area contributed by atoms with Crippen LogP contribution in [0.4, 0.5) is 23.7 Å². The third-order valence-corrected chi connectivity index (χ3v) is 5.07. The molecule has 2 amide bonds. The van der Waals surface area contributed by atoms with Gasteiger partial charge < -0.3 is 15.0 Å². The number of aromatic nitrogens is 2. The zero-order chi connectivity index (χ0) is 22.9. The van der Waals surface area contributed by atoms with E-state index in [2.05, 4.69) is 10.4 Å². The van der Waals surface area contributed by atoms with Crippen molar-refractivity contribution in [1.82, 2.24) is 15.1 Å². The molecule has 0 bridgehead atoms. The summed E-state index contributed by atoms with van der Waals surface area (Å²) in [6.07, 6.45) is -1.45. The van der Waals surface area contributed by atoms with E-state index in [0.29, 0.717) is 22.6 Å². The van der Waals surface area contributed by atoms with Crippen LogP contribution in [0.5, 0.6) is 5.75 Å². The van der Waals surface area contributed by atoms with Gasteiger partial charge in [0.25, 0.3) is 5.91 Å². The second kappa shape index (κ2) is 8.37. The Morgan fingerprint density at radius 1 is 1.19 bits per heavy atom. The molecule has 2 heterocycles. The van der Waals surface area contributed by atoms with Crippen LogP contribution in [0.1, 0.15) is 16.7 Å². The summed E-state index contributed by atoms with van der Waals surface area (Å²) >= 11 is 0. The maximum absolute atomic E-state index is 12.9. The van der Waals surface area contributed by atoms with E-state index < -0.39 is 23.8 Å². The summed E-state index contributed by atoms with van der Waals surface area (Å²) in [5, 5.41) is 6.57. The number of ether oxygens (including phenoxy) is 1. The Morgan fingerprint density at radius 2 is 1.97 bits per heavy atom. The molecule has 3 aromatic rings. The summed E-state index contributed by atoms with van der Waals surface area (Å²) in [5.74, 6) is 0.183. The van der Waals surface area contributed by atoms with Gasteiger partial charge in [0, 0.05) is 19.7 Å². The monoisotopic (exact) mass is 444 g/mol. The minimum atomic E-state index is -4.43. The van der Waals surface area contributed by atoms with E-state index in [1.54, 1.807) is 37.4 Å². The molecular weight excluding hydrogens is 425 g/mol. The lowest BCUT2D eigenvalue weighted by molar-refractivity contribution is -0.137. The number of likely N-dealkylation sites (N-methyl/N-ethyl adjacent to an activating group) is 1. The Balaban J connectivity index is 1.44. The van der Waals surface area contributed by atoms with Gasteiger partial charge in [-0.2, -0.15) is 23.0 Å². The Hall–Kier alpha value is -3.82. The van der Waals surface area contributed by atoms with Gasteiger partial charge in [-0.3, -0.25) is 4.79 Å². The highest BCUT2D eigenvalue weighted by atomic mass is 19.4. The van der Waals surface area contributed by atoms with Gasteiger partial charge in [0.05, 0.1) is 17.4 Å². The van der Waals surface area contributed by atoms with Gasteiger partial charge >= 0.3 is 12.2 Å². The van der Waals surface area contributed by atoms with Crippen molar-refractivity contribution in [2.45, 2.75) is 18.6 Å². The number of halogens is 3. The summed E-state index contributed by atoms with van der Waals surface area (Å²) in [7, 11) is 1.59. The summed E-state index contributed by atoms with van der Waals surface area (Å²) in [5.41, 5.74) is 0.841. The molecule has 1 unspecified atom stereocenters. The SMILES string of the molecule is CN1C(=O)C(NC(=O)n2cc(Cc3cccc(C(F)(F)F)c3)cn2)COc2ccccc21. The first-order valence-electron chi connectivity index (χ1n) is 9.72. The molecular formula is C22H19F3N4O3. The van der Waals surface area contributed by atoms with E-state index in [-0.39, 0.29) is 18.9 Å². The molecule has 0 radical (unpaired) electrons. The Kier molecular flexibility index (Phi) is 5.60. The number of benzene rings is 2. The smallest absolute Gasteiger partial charge is 0.416 e. The van der Waals surface area contributed by atoms with E-state index >= 15 is 0 Å². The Labute approximate surface area is 181 Å². The Bertz CT molecular complexity index is 1160. The predicted molar refractivity (Wildman–Crippen MR) is 110 cm³/mol. The van der Waals surface area contributed by atoms with Gasteiger partial charge in [0.2, 0.25) is 0 Å². The third-order valence-electron chi connectivity index (χ3n) is 5.07. The fourth-order valence-electron chi connectivity index (χ4n) is 3.43. The molecule has 1 aromatic heterocycles. The summed E-state index contributed by atoms with van der Waals surface area (Å²) in [6.45, 7) is -0.0513. The molecule has 166 valence electrons. The third kappa shape index (κ3) is 4.43. The number of rotatable bonds is 3. The van der Waals surface area contributed by atoms with E-state index in [1.807, 2.05) is 0 Å². The average molecular weight is 444 g/mol. The number of carbonyl (C=O) groups is 2. The van der Waals surface area contributed by atoms with Crippen LogP contribution in [0, 0.1) is 0 Å². The molecule has 10 heteroatoms. The minimum absolute atomic E-state index is 0.0513. The zero-order valence-electron chi connectivity index (χ0n) is 17.0. The molecule has 2 aromatic carbocycles. The van der Waals surface area contributed by atoms with E-state index in [9.17, 15) is 22.8 Å². The van der Waals surface area contributed by atoms with Crippen LogP contribution in [0.3, 0.4) is 0 Å². The minimum Gasteiger partial charge on any atom is -0.489 e. The predicted octanol–water partition coefficient (Wildman–Crippen LogP) is 3.47. The highest BCUT2D eigenvalue weighted by Gasteiger charge is 2.31. The first kappa shape index (κ1) is 21.4. The standard InChI is InChI=1S/C22H19F3N4O3/c1-28-18-7-2-3-8-19(18)32-13-17(20(28)30)27-21(31)29-12-15(11-26-29)9-14-5-4-6-16(10-14)22(23,24)25/h2-8,10-12,17H,9,13H2,1H3,(H,27,31). The quantitative estimate of drug-likeness (QED) is 0.671. The molecule has 7 nitrogen and oxygen atoms in total. The number of carbonyl (C=O) groups excluding carboxylic acids is 2. The van der Waals surface area contributed by atoms with Crippen LogP contribution in [-0.2, 0) is 17.4 Å². The molecule has 4 rings (SSSR count). The first-order valence-corrected chi connectivity index (χ1v) is 9.72. The molecule has 1 N–H and O–H groups in total. The maximum Gasteiger partial charge on any atom is 0.416 e. The maximum atomic E-state index is 12.9. The van der Waals surface area contributed by atoms with Crippen molar-refractivity contribution in [3.8, 4) is 5.75 Å². The number of anilines is 1. The van der Waals surface area contributed by atoms with Crippen molar-refractivity contribution in [3.63, 3.8) is 0 Å². The van der Waals surface area contributed by atoms with Crippen LogP contribution in [0.25, 0.3) is 0 Å². The van der Waals surface area contributed by atoms with Crippen molar-refractivity contribution < 1.29 is 27.5 Å². The van der Waals surface area contributed by atoms with E-state index in [1.165, 1.54) is 23.4 Å². The molecule has 32 heavy (non-hydrogen) atoms. The van der Waals surface area contributed by atoms with Gasteiger partial charge in [-0.1, -0.05) is 30.3 Å². The van der Waals surface area contributed by atoms with Gasteiger partial charge in [0.1, 0.15) is 18.4 Å². The molecule has 1 aliphatic heterocycles. The van der Waals surface area contributed by atoms with E-state index in [4.69, 9.17) is 4.74 Å². The molecule has 0 fully saturated rings. The number of hydrogen-bond acceptors (Lipinski definition) is 4. The van der Waals surface area contributed by atoms with Crippen molar-refractivity contribution >= 4 is 17.6 Å². The molecule has 0 aliphatic carbocycles. The number of alkyl halides is 3. The second-order valence-corrected chi connectivity index (χ2v) is 7.35. The largest absolute Gasteiger partial charge is 0.489 e. The lowest BCUT2D eigenvalue weighted by Gasteiger charge is -2.20. The van der Waals surface area contributed by atoms with Crippen LogP contribution in [0.2, 0.25) is 0 Å². The van der Waals surface area contributed by atoms with Gasteiger partial charge in [-0.25, -0.2) is 4.79 Å². The number of nitrogens with one attached hydrogen (secondary N) is 1. The van der Waals surface area contributed by atoms with Crippen molar-refractivity contribution in [3.05, 3.63) is 77.6 Å². The van der Waals surface area contributed by atoms with Gasteiger partial charge in [-0.05, 0) is 29.3 Å². The number of para-hydroxylation sites is 2. The molecule has 0 spiro atoms. The average Bonchev–Trinajstić information content (AvgIpc) is 3.19. The summed E-state index contributed by atoms with van der Waals surface area (Å²) in [4.78, 5) is 26.8. The second-order valence-electron chi connectivity index (χ2n) is 7.35. The lowest BCUT2D eigenvalue weighted by atomic mass is 10.1. The summed E-state index contributed by atoms with van der Waals surface area (Å²) < 4.78 is 45.4. The topological polar surface area (TPSA) is 76.5 Å². The fraction of sp³-hybridized carbons (Fsp3) is 0.227. The lowest BCUT2D eigenvalue weighted by Crippen LogP contribution is -2.50. The van der Waals surface area contributed by atoms with Gasteiger partial charge in [0.15, 0.2) is 0 Å². The molecule has 0 saturated heterocycles. The first-order chi connectivity index (χ1) is 15.2. The molecule has 0 saturated carbocycles. The van der Waals surface area contributed by atoms with E-state index in [0.717, 1.165) is 16.8 Å². The fourth-order valence-corrected chi connectivity index (χ4v) is 3.43. The van der Waals surface area contributed by atoms with Crippen molar-refractivity contribution in [2.75, 3.05) is 18.6 Å². The highest BCUT2D eigenvalue weighted by molar-refractivity contribution is 6.00. The summed E-state index contributed by atoms with van der Waals surface area (Å²) in [6, 6.07) is 10.4. The number of fused-ring (bicyclic) bond motifs is 1. The number of amides is 2.